The van der Waals surface area contributed by atoms with Crippen LogP contribution in [0.4, 0.5) is 5.82 Å². The number of allylic oxidation sites excluding steroid dienone is 2. The van der Waals surface area contributed by atoms with E-state index >= 15 is 0 Å². The Morgan fingerprint density at radius 2 is 1.67 bits per heavy atom. The summed E-state index contributed by atoms with van der Waals surface area (Å²) in [4.78, 5) is 12.6. The second-order valence-corrected chi connectivity index (χ2v) is 16.2. The number of rotatable bonds is 1. The van der Waals surface area contributed by atoms with Gasteiger partial charge in [0, 0.05) is 37.2 Å². The van der Waals surface area contributed by atoms with E-state index in [9.17, 15) is 0 Å². The number of nitrogens with zero attached hydrogens (tertiary/aromatic N) is 3. The Kier molecular flexibility index (Phi) is 5.97. The fourth-order valence-corrected chi connectivity index (χ4v) is 12.1. The molecule has 3 saturated carbocycles. The van der Waals surface area contributed by atoms with Gasteiger partial charge in [-0.25, -0.2) is 9.97 Å². The minimum Gasteiger partial charge on any atom is -0.354 e. The molecule has 1 aromatic heterocycles. The summed E-state index contributed by atoms with van der Waals surface area (Å²) in [6.07, 6.45) is 15.6. The molecule has 4 nitrogen and oxygen atoms in total. The maximum atomic E-state index is 5.05. The monoisotopic (exact) mass is 530 g/mol. The van der Waals surface area contributed by atoms with Crippen LogP contribution in [0.1, 0.15) is 105 Å². The van der Waals surface area contributed by atoms with Crippen molar-refractivity contribution in [1.29, 1.82) is 0 Å². The first-order valence-electron chi connectivity index (χ1n) is 16.5. The molecular weight excluding hydrogens is 476 g/mol. The van der Waals surface area contributed by atoms with Crippen molar-refractivity contribution in [3.8, 4) is 0 Å². The second-order valence-electron chi connectivity index (χ2n) is 16.2. The van der Waals surface area contributed by atoms with Gasteiger partial charge in [-0.3, -0.25) is 0 Å². The average molecular weight is 531 g/mol. The molecule has 0 radical (unpaired) electrons. The molecule has 39 heavy (non-hydrogen) atoms. The van der Waals surface area contributed by atoms with Gasteiger partial charge in [-0.05, 0) is 96.7 Å². The lowest BCUT2D eigenvalue weighted by atomic mass is 9.34. The van der Waals surface area contributed by atoms with Crippen LogP contribution in [0.3, 0.4) is 0 Å². The fourth-order valence-electron chi connectivity index (χ4n) is 12.1. The van der Waals surface area contributed by atoms with Crippen LogP contribution in [0, 0.1) is 51.8 Å². The van der Waals surface area contributed by atoms with Crippen LogP contribution in [-0.4, -0.2) is 36.1 Å². The zero-order chi connectivity index (χ0) is 27.4. The molecule has 7 rings (SSSR count). The Morgan fingerprint density at radius 1 is 0.897 bits per heavy atom. The van der Waals surface area contributed by atoms with Crippen LogP contribution in [0.15, 0.2) is 18.0 Å². The van der Waals surface area contributed by atoms with Crippen molar-refractivity contribution in [3.63, 3.8) is 0 Å². The highest BCUT2D eigenvalue weighted by atomic mass is 15.2. The summed E-state index contributed by atoms with van der Waals surface area (Å²) in [5, 5.41) is 3.54. The van der Waals surface area contributed by atoms with Crippen LogP contribution >= 0.6 is 0 Å². The van der Waals surface area contributed by atoms with Gasteiger partial charge in [-0.1, -0.05) is 66.5 Å². The van der Waals surface area contributed by atoms with Crippen LogP contribution in [0.25, 0.3) is 0 Å². The van der Waals surface area contributed by atoms with Crippen molar-refractivity contribution >= 4 is 5.82 Å². The summed E-state index contributed by atoms with van der Waals surface area (Å²) in [7, 11) is 0. The molecule has 0 unspecified atom stereocenters. The third-order valence-corrected chi connectivity index (χ3v) is 14.5. The number of aromatic nitrogens is 2. The van der Waals surface area contributed by atoms with E-state index in [1.807, 2.05) is 11.9 Å². The quantitative estimate of drug-likeness (QED) is 0.390. The molecule has 0 spiro atoms. The van der Waals surface area contributed by atoms with Crippen molar-refractivity contribution in [3.05, 3.63) is 29.2 Å². The lowest BCUT2D eigenvalue weighted by Gasteiger charge is -2.70. The largest absolute Gasteiger partial charge is 0.354 e. The van der Waals surface area contributed by atoms with E-state index in [1.165, 1.54) is 62.0 Å². The highest BCUT2D eigenvalue weighted by Gasteiger charge is 2.67. The summed E-state index contributed by atoms with van der Waals surface area (Å²) in [6.45, 7) is 22.6. The van der Waals surface area contributed by atoms with E-state index in [-0.39, 0.29) is 10.8 Å². The minimum absolute atomic E-state index is 0.0747. The van der Waals surface area contributed by atoms with Gasteiger partial charge in [0.05, 0.1) is 5.69 Å². The van der Waals surface area contributed by atoms with Crippen molar-refractivity contribution in [2.75, 3.05) is 31.1 Å². The smallest absolute Gasteiger partial charge is 0.135 e. The molecule has 5 aliphatic carbocycles. The molecular formula is C35H54N4. The molecule has 2 heterocycles. The third-order valence-electron chi connectivity index (χ3n) is 14.5. The van der Waals surface area contributed by atoms with Crippen molar-refractivity contribution in [2.24, 2.45) is 51.8 Å². The van der Waals surface area contributed by atoms with E-state index in [1.54, 1.807) is 0 Å². The molecule has 9 atom stereocenters. The van der Waals surface area contributed by atoms with Crippen LogP contribution < -0.4 is 10.2 Å². The Hall–Kier alpha value is -1.42. The van der Waals surface area contributed by atoms with Crippen molar-refractivity contribution in [1.82, 2.24) is 15.3 Å². The maximum Gasteiger partial charge on any atom is 0.135 e. The maximum absolute atomic E-state index is 5.05. The fraction of sp³-hybridized carbons (Fsp3) is 0.829. The normalized spacial score (nSPS) is 46.6. The third kappa shape index (κ3) is 3.45. The average Bonchev–Trinajstić information content (AvgIpc) is 2.91. The standard InChI is InChI=1S/C35H54N4/c1-22-8-9-24-12-14-34(6)26(29(24)23(22)2)10-11-28-33(5)20-25-30(32(3,4)27(33)13-15-35(28,34)7)37-21-38-31(25)39-18-16-36-17-19-39/h10,21-24,27-29,36H,8-9,11-20H2,1-7H3/t22-,23+,24+,27+,28-,29-,33+,34-,35-/m1/s1. The molecule has 0 aromatic carbocycles. The molecule has 0 amide bonds. The van der Waals surface area contributed by atoms with Crippen LogP contribution in [-0.2, 0) is 11.8 Å². The second kappa shape index (κ2) is 8.79. The molecule has 214 valence electrons. The zero-order valence-electron chi connectivity index (χ0n) is 25.9. The molecule has 1 aromatic rings. The molecule has 0 bridgehead atoms. The Morgan fingerprint density at radius 3 is 2.44 bits per heavy atom. The van der Waals surface area contributed by atoms with Crippen LogP contribution in [0.2, 0.25) is 0 Å². The Labute approximate surface area is 238 Å². The van der Waals surface area contributed by atoms with E-state index in [0.717, 1.165) is 56.3 Å². The van der Waals surface area contributed by atoms with Gasteiger partial charge in [0.1, 0.15) is 12.1 Å². The first-order chi connectivity index (χ1) is 18.5. The predicted molar refractivity (Wildman–Crippen MR) is 161 cm³/mol. The highest BCUT2D eigenvalue weighted by molar-refractivity contribution is 5.53. The topological polar surface area (TPSA) is 41.0 Å². The Bertz CT molecular complexity index is 1160. The summed E-state index contributed by atoms with van der Waals surface area (Å²) < 4.78 is 0. The van der Waals surface area contributed by atoms with Gasteiger partial charge < -0.3 is 10.2 Å². The van der Waals surface area contributed by atoms with Crippen molar-refractivity contribution in [2.45, 2.75) is 105 Å². The summed E-state index contributed by atoms with van der Waals surface area (Å²) >= 11 is 0. The number of hydrogen-bond acceptors (Lipinski definition) is 4. The number of nitrogens with one attached hydrogen (secondary N) is 1. The van der Waals surface area contributed by atoms with Gasteiger partial charge in [-0.2, -0.15) is 0 Å². The lowest BCUT2D eigenvalue weighted by molar-refractivity contribution is -0.153. The summed E-state index contributed by atoms with van der Waals surface area (Å²) in [5.74, 6) is 6.09. The van der Waals surface area contributed by atoms with E-state index in [2.05, 4.69) is 64.8 Å². The summed E-state index contributed by atoms with van der Waals surface area (Å²) in [6, 6.07) is 0. The number of anilines is 1. The van der Waals surface area contributed by atoms with E-state index < -0.39 is 0 Å². The first-order valence-corrected chi connectivity index (χ1v) is 16.5. The van der Waals surface area contributed by atoms with Crippen molar-refractivity contribution < 1.29 is 0 Å². The molecule has 4 heteroatoms. The van der Waals surface area contributed by atoms with Gasteiger partial charge in [0.25, 0.3) is 0 Å². The molecule has 1 N–H and O–H groups in total. The number of hydrogen-bond donors (Lipinski definition) is 1. The molecule has 1 aliphatic heterocycles. The molecule has 4 fully saturated rings. The van der Waals surface area contributed by atoms with Gasteiger partial charge in [0.15, 0.2) is 0 Å². The Balaban J connectivity index is 1.32. The first kappa shape index (κ1) is 26.5. The van der Waals surface area contributed by atoms with Gasteiger partial charge >= 0.3 is 0 Å². The van der Waals surface area contributed by atoms with Gasteiger partial charge in [-0.15, -0.1) is 0 Å². The van der Waals surface area contributed by atoms with Gasteiger partial charge in [0.2, 0.25) is 0 Å². The zero-order valence-corrected chi connectivity index (χ0v) is 25.9. The highest BCUT2D eigenvalue weighted by Crippen LogP contribution is 2.74. The molecule has 6 aliphatic rings. The number of fused-ring (bicyclic) bond motifs is 8. The van der Waals surface area contributed by atoms with Crippen LogP contribution in [0.5, 0.6) is 0 Å². The minimum atomic E-state index is 0.0747. The van der Waals surface area contributed by atoms with E-state index in [0.29, 0.717) is 22.7 Å². The molecule has 1 saturated heterocycles. The number of piperazine rings is 1. The van der Waals surface area contributed by atoms with E-state index in [4.69, 9.17) is 9.97 Å². The SMILES string of the molecule is C[C@@H]1[C@H]2C3=CC[C@@H]4[C@@]5(C)Cc6c(N7CCNCC7)ncnc6C(C)(C)[C@@H]5CC[C@@]4(C)[C@]3(C)CC[C@@H]2CC[C@H]1C. The summed E-state index contributed by atoms with van der Waals surface area (Å²) in [5.41, 5.74) is 5.78. The lowest BCUT2D eigenvalue weighted by Crippen LogP contribution is -2.64. The predicted octanol–water partition coefficient (Wildman–Crippen LogP) is 7.19.